The van der Waals surface area contributed by atoms with Crippen molar-refractivity contribution in [2.75, 3.05) is 14.2 Å². The number of methoxy groups -OCH3 is 2. The lowest BCUT2D eigenvalue weighted by atomic mass is 10.1. The van der Waals surface area contributed by atoms with E-state index in [1.807, 2.05) is 0 Å². The van der Waals surface area contributed by atoms with Crippen molar-refractivity contribution in [2.24, 2.45) is 9.98 Å². The van der Waals surface area contributed by atoms with E-state index in [1.165, 1.54) is 14.2 Å². The molecule has 0 saturated heterocycles. The first kappa shape index (κ1) is 23.8. The molecule has 1 aliphatic carbocycles. The lowest BCUT2D eigenvalue weighted by Gasteiger charge is -2.19. The number of fused-ring (bicyclic) bond motifs is 1. The molecule has 168 valence electrons. The van der Waals surface area contributed by atoms with E-state index in [1.54, 1.807) is 36.4 Å². The van der Waals surface area contributed by atoms with Gasteiger partial charge in [-0.05, 0) is 37.1 Å². The predicted octanol–water partition coefficient (Wildman–Crippen LogP) is 3.66. The van der Waals surface area contributed by atoms with Crippen LogP contribution in [0.1, 0.15) is 18.4 Å². The van der Waals surface area contributed by atoms with Gasteiger partial charge in [-0.15, -0.1) is 0 Å². The molecule has 2 aromatic rings. The summed E-state index contributed by atoms with van der Waals surface area (Å²) in [7, 11) is 2.72. The Balaban J connectivity index is 1.89. The minimum atomic E-state index is -1.75. The third kappa shape index (κ3) is 5.50. The molecule has 2 unspecified atom stereocenters. The maximum absolute atomic E-state index is 10.6. The Morgan fingerprint density at radius 3 is 2.56 bits per heavy atom. The maximum Gasteiger partial charge on any atom is 0.241 e. The smallest absolute Gasteiger partial charge is 0.241 e. The highest BCUT2D eigenvalue weighted by molar-refractivity contribution is 6.32. The fourth-order valence-electron chi connectivity index (χ4n) is 2.77. The van der Waals surface area contributed by atoms with Crippen LogP contribution in [0.25, 0.3) is 11.0 Å². The molecule has 1 aliphatic rings. The Kier molecular flexibility index (Phi) is 7.94. The minimum absolute atomic E-state index is 0.0137. The number of rotatable bonds is 8. The van der Waals surface area contributed by atoms with Gasteiger partial charge in [-0.3, -0.25) is 4.99 Å². The number of nitrogens with zero attached hydrogens (tertiary/aromatic N) is 4. The Bertz CT molecular complexity index is 1150. The fourth-order valence-corrected chi connectivity index (χ4v) is 3.08. The Labute approximate surface area is 194 Å². The lowest BCUT2D eigenvalue weighted by molar-refractivity contribution is -0.198. The van der Waals surface area contributed by atoms with E-state index in [0.717, 1.165) is 0 Å². The van der Waals surface area contributed by atoms with Crippen molar-refractivity contribution in [3.63, 3.8) is 0 Å². The molecule has 2 atom stereocenters. The first-order valence-electron chi connectivity index (χ1n) is 9.25. The van der Waals surface area contributed by atoms with Gasteiger partial charge in [0.25, 0.3) is 0 Å². The molecule has 0 radical (unpaired) electrons. The minimum Gasteiger partial charge on any atom is -0.480 e. The molecule has 2 N–H and O–H groups in total. The number of benzene rings is 1. The van der Waals surface area contributed by atoms with Crippen molar-refractivity contribution in [3.8, 4) is 5.88 Å². The number of aromatic nitrogens is 2. The van der Waals surface area contributed by atoms with E-state index in [-0.39, 0.29) is 23.2 Å². The van der Waals surface area contributed by atoms with Gasteiger partial charge >= 0.3 is 0 Å². The summed E-state index contributed by atoms with van der Waals surface area (Å²) in [6.07, 6.45) is 2.11. The fraction of sp³-hybridized carbons (Fsp3) is 0.238. The first-order chi connectivity index (χ1) is 15.4. The molecule has 0 aliphatic heterocycles. The van der Waals surface area contributed by atoms with Crippen LogP contribution in [0, 0.1) is 0 Å². The summed E-state index contributed by atoms with van der Waals surface area (Å²) in [6, 6.07) is 4.89. The van der Waals surface area contributed by atoms with E-state index >= 15 is 0 Å². The maximum atomic E-state index is 10.6. The molecule has 0 amide bonds. The molecule has 1 aromatic heterocycles. The zero-order valence-corrected chi connectivity index (χ0v) is 18.7. The second kappa shape index (κ2) is 10.7. The Hall–Kier alpha value is -2.82. The summed E-state index contributed by atoms with van der Waals surface area (Å²) in [5, 5.41) is 22.2. The van der Waals surface area contributed by atoms with Crippen LogP contribution in [0.2, 0.25) is 5.02 Å². The van der Waals surface area contributed by atoms with E-state index in [4.69, 9.17) is 37.4 Å². The van der Waals surface area contributed by atoms with Crippen LogP contribution in [-0.4, -0.2) is 53.1 Å². The molecule has 0 fully saturated rings. The standard InChI is InChI=1S/C21H20Cl2N4O5/c1-24-16(18(30-2)25-13-7-4-11(22)5-8-13)20(28)32-21(29)17-19(31-3)27-14-9-6-12(23)10-15(14)26-17/h4-7,9-10,20-21,28-29H,1,8H2,2-3H3/b18-16+,25-13-. The molecular weight excluding hydrogens is 459 g/mol. The number of hydrogen-bond acceptors (Lipinski definition) is 9. The van der Waals surface area contributed by atoms with Crippen LogP contribution in [0.3, 0.4) is 0 Å². The number of halogens is 2. The summed E-state index contributed by atoms with van der Waals surface area (Å²) >= 11 is 11.9. The zero-order valence-electron chi connectivity index (χ0n) is 17.2. The van der Waals surface area contributed by atoms with Gasteiger partial charge in [-0.2, -0.15) is 0 Å². The average molecular weight is 479 g/mol. The highest BCUT2D eigenvalue weighted by Gasteiger charge is 2.26. The number of aliphatic hydroxyl groups is 2. The molecule has 9 nitrogen and oxygen atoms in total. The third-order valence-electron chi connectivity index (χ3n) is 4.31. The van der Waals surface area contributed by atoms with Gasteiger partial charge in [-0.25, -0.2) is 15.0 Å². The molecular formula is C21H20Cl2N4O5. The Morgan fingerprint density at radius 2 is 1.94 bits per heavy atom. The van der Waals surface area contributed by atoms with Crippen LogP contribution in [0.4, 0.5) is 0 Å². The van der Waals surface area contributed by atoms with E-state index in [9.17, 15) is 10.2 Å². The summed E-state index contributed by atoms with van der Waals surface area (Å²) in [5.41, 5.74) is 1.30. The highest BCUT2D eigenvalue weighted by Crippen LogP contribution is 2.28. The molecule has 0 bridgehead atoms. The zero-order chi connectivity index (χ0) is 23.3. The van der Waals surface area contributed by atoms with E-state index in [2.05, 4.69) is 26.7 Å². The highest BCUT2D eigenvalue weighted by atomic mass is 35.5. The monoisotopic (exact) mass is 478 g/mol. The van der Waals surface area contributed by atoms with E-state index < -0.39 is 12.6 Å². The number of ether oxygens (including phenoxy) is 3. The van der Waals surface area contributed by atoms with Crippen LogP contribution in [-0.2, 0) is 9.47 Å². The molecule has 0 saturated carbocycles. The third-order valence-corrected chi connectivity index (χ3v) is 4.82. The van der Waals surface area contributed by atoms with Gasteiger partial charge in [0.15, 0.2) is 11.4 Å². The van der Waals surface area contributed by atoms with Gasteiger partial charge in [0, 0.05) is 22.2 Å². The van der Waals surface area contributed by atoms with E-state index in [0.29, 0.717) is 33.2 Å². The van der Waals surface area contributed by atoms with Gasteiger partial charge in [0.1, 0.15) is 0 Å². The van der Waals surface area contributed by atoms with Crippen LogP contribution >= 0.6 is 23.2 Å². The summed E-state index contributed by atoms with van der Waals surface area (Å²) < 4.78 is 15.7. The Morgan fingerprint density at radius 1 is 1.16 bits per heavy atom. The van der Waals surface area contributed by atoms with Crippen molar-refractivity contribution in [2.45, 2.75) is 19.0 Å². The number of aliphatic hydroxyl groups excluding tert-OH is 2. The predicted molar refractivity (Wildman–Crippen MR) is 122 cm³/mol. The van der Waals surface area contributed by atoms with Gasteiger partial charge in [0.2, 0.25) is 24.3 Å². The van der Waals surface area contributed by atoms with Gasteiger partial charge in [-0.1, -0.05) is 29.3 Å². The second-order valence-electron chi connectivity index (χ2n) is 6.37. The van der Waals surface area contributed by atoms with Gasteiger partial charge < -0.3 is 24.4 Å². The van der Waals surface area contributed by atoms with Crippen LogP contribution in [0.5, 0.6) is 5.88 Å². The van der Waals surface area contributed by atoms with Crippen LogP contribution < -0.4 is 4.74 Å². The first-order valence-corrected chi connectivity index (χ1v) is 10.0. The van der Waals surface area contributed by atoms with Crippen LogP contribution in [0.15, 0.2) is 63.0 Å². The van der Waals surface area contributed by atoms with Crippen molar-refractivity contribution in [1.82, 2.24) is 9.97 Å². The largest absolute Gasteiger partial charge is 0.480 e. The summed E-state index contributed by atoms with van der Waals surface area (Å²) in [6.45, 7) is 3.42. The van der Waals surface area contributed by atoms with Crippen molar-refractivity contribution in [3.05, 3.63) is 63.8 Å². The van der Waals surface area contributed by atoms with Crippen molar-refractivity contribution < 1.29 is 24.4 Å². The lowest BCUT2D eigenvalue weighted by Crippen LogP contribution is -2.21. The summed E-state index contributed by atoms with van der Waals surface area (Å²) in [5.74, 6) is -0.0334. The normalized spacial score (nSPS) is 17.6. The SMILES string of the molecule is C=N/C(=C(\N=C1\C=CC(Cl)=CC1)OC)C(O)OC(O)c1nc2cc(Cl)ccc2nc1OC. The summed E-state index contributed by atoms with van der Waals surface area (Å²) in [4.78, 5) is 16.6. The molecule has 1 aromatic carbocycles. The van der Waals surface area contributed by atoms with Gasteiger partial charge in [0.05, 0.1) is 25.3 Å². The number of allylic oxidation sites excluding steroid dienone is 4. The molecule has 32 heavy (non-hydrogen) atoms. The van der Waals surface area contributed by atoms with Crippen molar-refractivity contribution >= 4 is 46.7 Å². The quantitative estimate of drug-likeness (QED) is 0.337. The number of aliphatic imine (C=N–C) groups is 2. The number of hydrogen-bond donors (Lipinski definition) is 2. The second-order valence-corrected chi connectivity index (χ2v) is 7.25. The molecule has 1 heterocycles. The molecule has 0 spiro atoms. The molecule has 3 rings (SSSR count). The molecule has 11 heteroatoms. The average Bonchev–Trinajstić information content (AvgIpc) is 2.79. The van der Waals surface area contributed by atoms with Crippen molar-refractivity contribution in [1.29, 1.82) is 0 Å². The topological polar surface area (TPSA) is 119 Å².